The third kappa shape index (κ3) is 4.19. The standard InChI is InChI=1S/C17H20N2O7S/c1-10-3-5-12(6-4-10)27(23,24)25-9-14-13(20)7-15(26-14)19-8-11(2)16(21)18-17(19)22/h3-6,8,13-15,20H,7,9H2,1-2H3,(H,18,21,22)/t13?,14-,15-/m1/s1. The molecular formula is C17H20N2O7S. The minimum atomic E-state index is -4.00. The molecular weight excluding hydrogens is 376 g/mol. The molecule has 0 spiro atoms. The Kier molecular flexibility index (Phi) is 5.33. The lowest BCUT2D eigenvalue weighted by Crippen LogP contribution is -2.33. The van der Waals surface area contributed by atoms with Crippen molar-refractivity contribution in [1.29, 1.82) is 0 Å². The van der Waals surface area contributed by atoms with Gasteiger partial charge in [-0.05, 0) is 26.0 Å². The molecule has 1 aromatic heterocycles. The molecule has 9 nitrogen and oxygen atoms in total. The molecule has 1 saturated heterocycles. The summed E-state index contributed by atoms with van der Waals surface area (Å²) in [4.78, 5) is 25.6. The zero-order chi connectivity index (χ0) is 19.8. The molecule has 0 saturated carbocycles. The van der Waals surface area contributed by atoms with Gasteiger partial charge in [-0.25, -0.2) is 4.79 Å². The van der Waals surface area contributed by atoms with Gasteiger partial charge in [0, 0.05) is 18.2 Å². The zero-order valence-corrected chi connectivity index (χ0v) is 15.6. The molecule has 27 heavy (non-hydrogen) atoms. The average Bonchev–Trinajstić information content (AvgIpc) is 2.97. The van der Waals surface area contributed by atoms with Crippen LogP contribution in [0.1, 0.15) is 23.8 Å². The largest absolute Gasteiger partial charge is 0.390 e. The topological polar surface area (TPSA) is 128 Å². The highest BCUT2D eigenvalue weighted by Gasteiger charge is 2.37. The van der Waals surface area contributed by atoms with Crippen LogP contribution in [0.15, 0.2) is 44.9 Å². The van der Waals surface area contributed by atoms with Crippen molar-refractivity contribution < 1.29 is 22.4 Å². The molecule has 0 bridgehead atoms. The van der Waals surface area contributed by atoms with Crippen molar-refractivity contribution in [3.8, 4) is 0 Å². The highest BCUT2D eigenvalue weighted by molar-refractivity contribution is 7.86. The minimum Gasteiger partial charge on any atom is -0.390 e. The maximum absolute atomic E-state index is 12.2. The maximum Gasteiger partial charge on any atom is 0.330 e. The summed E-state index contributed by atoms with van der Waals surface area (Å²) in [6.07, 6.45) is -1.40. The van der Waals surface area contributed by atoms with E-state index >= 15 is 0 Å². The van der Waals surface area contributed by atoms with Gasteiger partial charge in [-0.1, -0.05) is 17.7 Å². The van der Waals surface area contributed by atoms with E-state index in [1.165, 1.54) is 25.3 Å². The molecule has 2 aromatic rings. The summed E-state index contributed by atoms with van der Waals surface area (Å²) in [7, 11) is -4.00. The van der Waals surface area contributed by atoms with Crippen molar-refractivity contribution in [2.24, 2.45) is 0 Å². The Morgan fingerprint density at radius 2 is 1.93 bits per heavy atom. The van der Waals surface area contributed by atoms with Crippen LogP contribution in [0, 0.1) is 13.8 Å². The summed E-state index contributed by atoms with van der Waals surface area (Å²) in [6, 6.07) is 6.17. The number of hydrogen-bond acceptors (Lipinski definition) is 7. The predicted molar refractivity (Wildman–Crippen MR) is 94.9 cm³/mol. The molecule has 1 aliphatic rings. The first-order chi connectivity index (χ1) is 12.7. The number of aromatic nitrogens is 2. The second kappa shape index (κ2) is 7.39. The smallest absolute Gasteiger partial charge is 0.330 e. The van der Waals surface area contributed by atoms with Crippen molar-refractivity contribution >= 4 is 10.1 Å². The van der Waals surface area contributed by atoms with E-state index < -0.39 is 46.4 Å². The Balaban J connectivity index is 1.70. The van der Waals surface area contributed by atoms with Crippen LogP contribution in [0.2, 0.25) is 0 Å². The van der Waals surface area contributed by atoms with Crippen LogP contribution < -0.4 is 11.2 Å². The first-order valence-corrected chi connectivity index (χ1v) is 9.70. The fourth-order valence-electron chi connectivity index (χ4n) is 2.77. The summed E-state index contributed by atoms with van der Waals surface area (Å²) >= 11 is 0. The van der Waals surface area contributed by atoms with Gasteiger partial charge in [-0.2, -0.15) is 8.42 Å². The molecule has 1 aliphatic heterocycles. The Morgan fingerprint density at radius 1 is 1.26 bits per heavy atom. The lowest BCUT2D eigenvalue weighted by molar-refractivity contribution is -0.0400. The average molecular weight is 396 g/mol. The molecule has 2 N–H and O–H groups in total. The molecule has 2 heterocycles. The van der Waals surface area contributed by atoms with Gasteiger partial charge in [0.1, 0.15) is 12.3 Å². The van der Waals surface area contributed by atoms with Gasteiger partial charge >= 0.3 is 5.69 Å². The zero-order valence-electron chi connectivity index (χ0n) is 14.8. The van der Waals surface area contributed by atoms with Gasteiger partial charge in [-0.15, -0.1) is 0 Å². The van der Waals surface area contributed by atoms with Crippen molar-refractivity contribution in [2.45, 2.75) is 43.6 Å². The van der Waals surface area contributed by atoms with Crippen LogP contribution in [0.3, 0.4) is 0 Å². The van der Waals surface area contributed by atoms with Gasteiger partial charge in [0.25, 0.3) is 15.7 Å². The number of nitrogens with zero attached hydrogens (tertiary/aromatic N) is 1. The lowest BCUT2D eigenvalue weighted by atomic mass is 10.2. The number of benzene rings is 1. The third-order valence-corrected chi connectivity index (χ3v) is 5.65. The third-order valence-electron chi connectivity index (χ3n) is 4.36. The minimum absolute atomic E-state index is 0.00427. The molecule has 10 heteroatoms. The molecule has 1 fully saturated rings. The fraction of sp³-hybridized carbons (Fsp3) is 0.412. The molecule has 146 valence electrons. The highest BCUT2D eigenvalue weighted by atomic mass is 32.2. The molecule has 1 unspecified atom stereocenters. The summed E-state index contributed by atoms with van der Waals surface area (Å²) in [5.41, 5.74) is 0.0535. The van der Waals surface area contributed by atoms with E-state index in [1.807, 2.05) is 6.92 Å². The van der Waals surface area contributed by atoms with E-state index in [0.29, 0.717) is 5.56 Å². The Labute approximate surface area is 155 Å². The van der Waals surface area contributed by atoms with Gasteiger partial charge in [-0.3, -0.25) is 18.5 Å². The number of rotatable bonds is 5. The SMILES string of the molecule is Cc1ccc(S(=O)(=O)OC[C@H]2O[C@@H](n3cc(C)c(=O)[nH]c3=O)CC2O)cc1. The van der Waals surface area contributed by atoms with Crippen LogP contribution in [0.4, 0.5) is 0 Å². The second-order valence-corrected chi connectivity index (χ2v) is 8.08. The fourth-order valence-corrected chi connectivity index (χ4v) is 3.68. The molecule has 0 amide bonds. The summed E-state index contributed by atoms with van der Waals surface area (Å²) < 4.78 is 36.2. The van der Waals surface area contributed by atoms with Gasteiger partial charge in [0.15, 0.2) is 0 Å². The second-order valence-electron chi connectivity index (χ2n) is 6.46. The van der Waals surface area contributed by atoms with Crippen LogP contribution in [0.5, 0.6) is 0 Å². The number of hydrogen-bond donors (Lipinski definition) is 2. The molecule has 3 atom stereocenters. The maximum atomic E-state index is 12.2. The molecule has 3 rings (SSSR count). The number of nitrogens with one attached hydrogen (secondary N) is 1. The molecule has 1 aromatic carbocycles. The van der Waals surface area contributed by atoms with E-state index in [0.717, 1.165) is 10.1 Å². The van der Waals surface area contributed by atoms with Crippen molar-refractivity contribution in [1.82, 2.24) is 9.55 Å². The van der Waals surface area contributed by atoms with Gasteiger partial charge in [0.2, 0.25) is 0 Å². The first-order valence-electron chi connectivity index (χ1n) is 8.29. The van der Waals surface area contributed by atoms with E-state index in [-0.39, 0.29) is 11.3 Å². The monoisotopic (exact) mass is 396 g/mol. The number of aryl methyl sites for hydroxylation is 2. The number of aliphatic hydroxyl groups excluding tert-OH is 1. The van der Waals surface area contributed by atoms with Crippen molar-refractivity contribution in [3.05, 3.63) is 62.4 Å². The Bertz CT molecular complexity index is 1040. The van der Waals surface area contributed by atoms with Gasteiger partial charge in [0.05, 0.1) is 17.6 Å². The summed E-state index contributed by atoms with van der Waals surface area (Å²) in [6.45, 7) is 2.97. The van der Waals surface area contributed by atoms with Crippen LogP contribution in [-0.2, 0) is 19.0 Å². The van der Waals surface area contributed by atoms with Crippen LogP contribution in [0.25, 0.3) is 0 Å². The van der Waals surface area contributed by atoms with Crippen LogP contribution in [-0.4, -0.2) is 41.9 Å². The summed E-state index contributed by atoms with van der Waals surface area (Å²) in [5.74, 6) is 0. The highest BCUT2D eigenvalue weighted by Crippen LogP contribution is 2.28. The number of H-pyrrole nitrogens is 1. The lowest BCUT2D eigenvalue weighted by Gasteiger charge is -2.16. The summed E-state index contributed by atoms with van der Waals surface area (Å²) in [5, 5.41) is 10.2. The predicted octanol–water partition coefficient (Wildman–Crippen LogP) is 0.207. The number of aliphatic hydroxyl groups is 1. The van der Waals surface area contributed by atoms with E-state index in [4.69, 9.17) is 8.92 Å². The van der Waals surface area contributed by atoms with Gasteiger partial charge < -0.3 is 9.84 Å². The first kappa shape index (κ1) is 19.5. The number of ether oxygens (including phenoxy) is 1. The van der Waals surface area contributed by atoms with E-state index in [9.17, 15) is 23.1 Å². The van der Waals surface area contributed by atoms with E-state index in [2.05, 4.69) is 4.98 Å². The van der Waals surface area contributed by atoms with Crippen molar-refractivity contribution in [2.75, 3.05) is 6.61 Å². The van der Waals surface area contributed by atoms with Crippen molar-refractivity contribution in [3.63, 3.8) is 0 Å². The number of aromatic amines is 1. The van der Waals surface area contributed by atoms with E-state index in [1.54, 1.807) is 12.1 Å². The molecule has 0 aliphatic carbocycles. The Hall–Kier alpha value is -2.27. The molecule has 0 radical (unpaired) electrons. The van der Waals surface area contributed by atoms with Crippen LogP contribution >= 0.6 is 0 Å². The normalized spacial score (nSPS) is 22.9. The Morgan fingerprint density at radius 3 is 2.59 bits per heavy atom. The quantitative estimate of drug-likeness (QED) is 0.691.